The second kappa shape index (κ2) is 9.85. The molecule has 2 aromatic carbocycles. The number of hydrogen-bond donors (Lipinski definition) is 0. The number of carbonyl (C=O) groups is 2. The fraction of sp³-hybridized carbons (Fsp3) is 0.440. The fourth-order valence-corrected chi connectivity index (χ4v) is 5.97. The van der Waals surface area contributed by atoms with Crippen LogP contribution >= 0.6 is 0 Å². The van der Waals surface area contributed by atoms with Crippen molar-refractivity contribution in [3.8, 4) is 0 Å². The van der Waals surface area contributed by atoms with Crippen molar-refractivity contribution in [2.24, 2.45) is 0 Å². The summed E-state index contributed by atoms with van der Waals surface area (Å²) in [5, 5.41) is 0. The minimum absolute atomic E-state index is 0.0242. The second-order valence-electron chi connectivity index (χ2n) is 8.93. The Morgan fingerprint density at radius 2 is 1.71 bits per heavy atom. The number of fused-ring (bicyclic) bond motifs is 1. The average molecular weight is 487 g/mol. The Balaban J connectivity index is 1.45. The van der Waals surface area contributed by atoms with Crippen molar-refractivity contribution in [3.63, 3.8) is 0 Å². The predicted molar refractivity (Wildman–Crippen MR) is 126 cm³/mol. The quantitative estimate of drug-likeness (QED) is 0.603. The summed E-state index contributed by atoms with van der Waals surface area (Å²) in [4.78, 5) is 27.2. The molecule has 1 amide bonds. The predicted octanol–water partition coefficient (Wildman–Crippen LogP) is 2.61. The first-order valence-electron chi connectivity index (χ1n) is 11.5. The van der Waals surface area contributed by atoms with Crippen molar-refractivity contribution in [1.29, 1.82) is 0 Å². The zero-order chi connectivity index (χ0) is 24.5. The highest BCUT2D eigenvalue weighted by Crippen LogP contribution is 2.25. The maximum absolute atomic E-state index is 13.3. The SMILES string of the molecule is CC1CN(C(=O)C(C)OC(=O)c2cccc(S(=O)(=O)N3CCc4ccccc4C3)c2)CC(C)O1. The number of benzene rings is 2. The summed E-state index contributed by atoms with van der Waals surface area (Å²) in [6.07, 6.45) is -0.558. The number of morpholine rings is 1. The van der Waals surface area contributed by atoms with Crippen LogP contribution in [0.5, 0.6) is 0 Å². The number of sulfonamides is 1. The first-order chi connectivity index (χ1) is 16.1. The number of carbonyl (C=O) groups excluding carboxylic acids is 2. The second-order valence-corrected chi connectivity index (χ2v) is 10.9. The molecule has 4 rings (SSSR count). The molecule has 3 atom stereocenters. The molecule has 1 saturated heterocycles. The molecule has 8 nitrogen and oxygen atoms in total. The van der Waals surface area contributed by atoms with Gasteiger partial charge >= 0.3 is 5.97 Å². The van der Waals surface area contributed by atoms with Crippen LogP contribution in [0.3, 0.4) is 0 Å². The lowest BCUT2D eigenvalue weighted by Gasteiger charge is -2.36. The van der Waals surface area contributed by atoms with Crippen molar-refractivity contribution in [3.05, 3.63) is 65.2 Å². The molecule has 0 aliphatic carbocycles. The van der Waals surface area contributed by atoms with Crippen molar-refractivity contribution in [1.82, 2.24) is 9.21 Å². The molecular formula is C25H30N2O6S. The van der Waals surface area contributed by atoms with Crippen LogP contribution in [0.1, 0.15) is 42.3 Å². The van der Waals surface area contributed by atoms with E-state index >= 15 is 0 Å². The summed E-state index contributed by atoms with van der Waals surface area (Å²) in [5.74, 6) is -1.04. The Bertz CT molecular complexity index is 1170. The van der Waals surface area contributed by atoms with Gasteiger partial charge in [-0.05, 0) is 56.5 Å². The number of rotatable bonds is 5. The first kappa shape index (κ1) is 24.4. The van der Waals surface area contributed by atoms with Crippen LogP contribution in [0.2, 0.25) is 0 Å². The minimum atomic E-state index is -3.80. The number of esters is 1. The molecule has 2 heterocycles. The summed E-state index contributed by atoms with van der Waals surface area (Å²) in [7, 11) is -3.80. The van der Waals surface area contributed by atoms with E-state index in [1.807, 2.05) is 38.1 Å². The molecule has 1 fully saturated rings. The van der Waals surface area contributed by atoms with Gasteiger partial charge in [0.15, 0.2) is 6.10 Å². The molecule has 0 radical (unpaired) electrons. The molecule has 0 N–H and O–H groups in total. The fourth-order valence-electron chi connectivity index (χ4n) is 4.50. The third-order valence-corrected chi connectivity index (χ3v) is 8.01. The smallest absolute Gasteiger partial charge is 0.338 e. The molecule has 0 spiro atoms. The Morgan fingerprint density at radius 1 is 1.03 bits per heavy atom. The molecule has 34 heavy (non-hydrogen) atoms. The van der Waals surface area contributed by atoms with Crippen LogP contribution < -0.4 is 0 Å². The highest BCUT2D eigenvalue weighted by Gasteiger charge is 2.32. The van der Waals surface area contributed by atoms with Crippen molar-refractivity contribution in [2.75, 3.05) is 19.6 Å². The number of ether oxygens (including phenoxy) is 2. The monoisotopic (exact) mass is 486 g/mol. The van der Waals surface area contributed by atoms with E-state index in [1.165, 1.54) is 35.5 Å². The van der Waals surface area contributed by atoms with Gasteiger partial charge < -0.3 is 14.4 Å². The molecular weight excluding hydrogens is 456 g/mol. The molecule has 2 aliphatic heterocycles. The number of amides is 1. The molecule has 2 aromatic rings. The van der Waals surface area contributed by atoms with Crippen LogP contribution in [0.4, 0.5) is 0 Å². The van der Waals surface area contributed by atoms with Gasteiger partial charge in [-0.2, -0.15) is 4.31 Å². The summed E-state index contributed by atoms with van der Waals surface area (Å²) in [5.41, 5.74) is 2.21. The normalized spacial score (nSPS) is 22.0. The van der Waals surface area contributed by atoms with Gasteiger partial charge in [-0.3, -0.25) is 4.79 Å². The zero-order valence-corrected chi connectivity index (χ0v) is 20.5. The third-order valence-electron chi connectivity index (χ3n) is 6.17. The summed E-state index contributed by atoms with van der Waals surface area (Å²) < 4.78 is 39.0. The van der Waals surface area contributed by atoms with Crippen molar-refractivity contribution >= 4 is 21.9 Å². The summed E-state index contributed by atoms with van der Waals surface area (Å²) in [6, 6.07) is 13.6. The Labute approximate surface area is 200 Å². The van der Waals surface area contributed by atoms with E-state index in [4.69, 9.17) is 9.47 Å². The van der Waals surface area contributed by atoms with Gasteiger partial charge in [0.25, 0.3) is 5.91 Å². The van der Waals surface area contributed by atoms with E-state index in [0.29, 0.717) is 26.1 Å². The lowest BCUT2D eigenvalue weighted by Crippen LogP contribution is -2.51. The summed E-state index contributed by atoms with van der Waals surface area (Å²) in [6.45, 7) is 6.82. The Hall–Kier alpha value is -2.75. The molecule has 9 heteroatoms. The van der Waals surface area contributed by atoms with Crippen molar-refractivity contribution in [2.45, 2.75) is 56.9 Å². The van der Waals surface area contributed by atoms with E-state index in [2.05, 4.69) is 0 Å². The van der Waals surface area contributed by atoms with Gasteiger partial charge in [0.1, 0.15) is 0 Å². The van der Waals surface area contributed by atoms with E-state index in [1.54, 1.807) is 4.90 Å². The summed E-state index contributed by atoms with van der Waals surface area (Å²) >= 11 is 0. The highest BCUT2D eigenvalue weighted by atomic mass is 32.2. The Kier molecular flexibility index (Phi) is 7.06. The van der Waals surface area contributed by atoms with Gasteiger partial charge in [-0.1, -0.05) is 30.3 Å². The molecule has 0 aromatic heterocycles. The topological polar surface area (TPSA) is 93.2 Å². The van der Waals surface area contributed by atoms with Crippen LogP contribution in [-0.2, 0) is 37.3 Å². The van der Waals surface area contributed by atoms with Crippen LogP contribution in [0.25, 0.3) is 0 Å². The minimum Gasteiger partial charge on any atom is -0.449 e. The van der Waals surface area contributed by atoms with Crippen LogP contribution in [0.15, 0.2) is 53.4 Å². The molecule has 2 aliphatic rings. The molecule has 0 saturated carbocycles. The molecule has 3 unspecified atom stereocenters. The molecule has 0 bridgehead atoms. The lowest BCUT2D eigenvalue weighted by molar-refractivity contribution is -0.151. The maximum atomic E-state index is 13.3. The van der Waals surface area contributed by atoms with Crippen LogP contribution in [-0.4, -0.2) is 67.4 Å². The lowest BCUT2D eigenvalue weighted by atomic mass is 10.0. The third kappa shape index (κ3) is 5.16. The van der Waals surface area contributed by atoms with E-state index in [9.17, 15) is 18.0 Å². The largest absolute Gasteiger partial charge is 0.449 e. The van der Waals surface area contributed by atoms with E-state index in [0.717, 1.165) is 11.1 Å². The highest BCUT2D eigenvalue weighted by molar-refractivity contribution is 7.89. The number of nitrogens with zero attached hydrogens (tertiary/aromatic N) is 2. The Morgan fingerprint density at radius 3 is 2.41 bits per heavy atom. The standard InChI is InChI=1S/C25H30N2O6S/c1-17-14-26(15-18(2)32-17)24(28)19(3)33-25(29)21-9-6-10-23(13-21)34(30,31)27-12-11-20-7-4-5-8-22(20)16-27/h4-10,13,17-19H,11-12,14-16H2,1-3H3. The van der Waals surface area contributed by atoms with Crippen molar-refractivity contribution < 1.29 is 27.5 Å². The zero-order valence-electron chi connectivity index (χ0n) is 19.6. The molecule has 182 valence electrons. The number of hydrogen-bond acceptors (Lipinski definition) is 6. The first-order valence-corrected chi connectivity index (χ1v) is 12.9. The van der Waals surface area contributed by atoms with E-state index in [-0.39, 0.29) is 35.1 Å². The van der Waals surface area contributed by atoms with Gasteiger partial charge in [0, 0.05) is 26.2 Å². The van der Waals surface area contributed by atoms with Gasteiger partial charge in [-0.25, -0.2) is 13.2 Å². The van der Waals surface area contributed by atoms with E-state index < -0.39 is 22.1 Å². The van der Waals surface area contributed by atoms with Gasteiger partial charge in [-0.15, -0.1) is 0 Å². The van der Waals surface area contributed by atoms with Gasteiger partial charge in [0.05, 0.1) is 22.7 Å². The average Bonchev–Trinajstić information content (AvgIpc) is 2.82. The van der Waals surface area contributed by atoms with Gasteiger partial charge in [0.2, 0.25) is 10.0 Å². The van der Waals surface area contributed by atoms with Crippen LogP contribution in [0, 0.1) is 0 Å². The maximum Gasteiger partial charge on any atom is 0.338 e.